The molecule has 3 rings (SSSR count). The van der Waals surface area contributed by atoms with Gasteiger partial charge in [-0.05, 0) is 23.6 Å². The second-order valence-corrected chi connectivity index (χ2v) is 5.80. The summed E-state index contributed by atoms with van der Waals surface area (Å²) in [6.07, 6.45) is 2.36. The number of nitrogens with zero attached hydrogens (tertiary/aromatic N) is 2. The van der Waals surface area contributed by atoms with Crippen LogP contribution < -0.4 is 5.73 Å². The third-order valence-electron chi connectivity index (χ3n) is 3.28. The van der Waals surface area contributed by atoms with Crippen molar-refractivity contribution in [2.24, 2.45) is 0 Å². The van der Waals surface area contributed by atoms with Gasteiger partial charge in [0.15, 0.2) is 5.13 Å². The molecule has 6 heteroatoms. The Balaban J connectivity index is 1.78. The maximum atomic E-state index is 13.6. The molecule has 2 N–H and O–H groups in total. The van der Waals surface area contributed by atoms with Crippen LogP contribution in [0.2, 0.25) is 0 Å². The number of hydrogen-bond donors (Lipinski definition) is 1. The summed E-state index contributed by atoms with van der Waals surface area (Å²) in [5.41, 5.74) is 6.97. The molecular formula is C13H13F2N3S. The number of anilines is 1. The van der Waals surface area contributed by atoms with E-state index in [1.807, 2.05) is 0 Å². The van der Waals surface area contributed by atoms with Gasteiger partial charge in [-0.2, -0.15) is 0 Å². The third kappa shape index (κ3) is 2.59. The molecule has 0 fully saturated rings. The van der Waals surface area contributed by atoms with Crippen molar-refractivity contribution in [3.8, 4) is 0 Å². The number of benzene rings is 1. The average molecular weight is 281 g/mol. The van der Waals surface area contributed by atoms with Crippen LogP contribution in [0.15, 0.2) is 18.3 Å². The normalized spacial score (nSPS) is 15.5. The van der Waals surface area contributed by atoms with Gasteiger partial charge in [0, 0.05) is 36.8 Å². The molecule has 2 heterocycles. The fourth-order valence-electron chi connectivity index (χ4n) is 2.42. The van der Waals surface area contributed by atoms with Gasteiger partial charge in [0.05, 0.1) is 0 Å². The first-order valence-corrected chi connectivity index (χ1v) is 6.83. The zero-order chi connectivity index (χ0) is 13.4. The molecule has 0 unspecified atom stereocenters. The van der Waals surface area contributed by atoms with E-state index in [1.165, 1.54) is 17.4 Å². The summed E-state index contributed by atoms with van der Waals surface area (Å²) in [6, 6.07) is 2.38. The van der Waals surface area contributed by atoms with E-state index in [4.69, 9.17) is 5.73 Å². The van der Waals surface area contributed by atoms with Gasteiger partial charge in [-0.3, -0.25) is 4.90 Å². The van der Waals surface area contributed by atoms with Gasteiger partial charge in [-0.15, -0.1) is 11.3 Å². The van der Waals surface area contributed by atoms with Crippen molar-refractivity contribution >= 4 is 16.5 Å². The Morgan fingerprint density at radius 3 is 2.95 bits per heavy atom. The lowest BCUT2D eigenvalue weighted by Crippen LogP contribution is -2.30. The van der Waals surface area contributed by atoms with Crippen molar-refractivity contribution in [3.63, 3.8) is 0 Å². The lowest BCUT2D eigenvalue weighted by molar-refractivity contribution is 0.244. The molecule has 0 amide bonds. The van der Waals surface area contributed by atoms with E-state index in [0.29, 0.717) is 30.2 Å². The van der Waals surface area contributed by atoms with E-state index < -0.39 is 11.6 Å². The molecule has 2 aromatic rings. The number of nitrogens with two attached hydrogens (primary N) is 1. The quantitative estimate of drug-likeness (QED) is 0.920. The van der Waals surface area contributed by atoms with E-state index in [9.17, 15) is 8.78 Å². The van der Waals surface area contributed by atoms with Crippen LogP contribution >= 0.6 is 11.3 Å². The molecular weight excluding hydrogens is 268 g/mol. The summed E-state index contributed by atoms with van der Waals surface area (Å²) in [5.74, 6) is -0.947. The number of halogens is 2. The number of rotatable bonds is 2. The van der Waals surface area contributed by atoms with Crippen molar-refractivity contribution < 1.29 is 8.78 Å². The Kier molecular flexibility index (Phi) is 3.20. The molecule has 0 bridgehead atoms. The van der Waals surface area contributed by atoms with Gasteiger partial charge in [-0.1, -0.05) is 0 Å². The molecule has 1 aliphatic heterocycles. The van der Waals surface area contributed by atoms with Crippen molar-refractivity contribution in [3.05, 3.63) is 46.0 Å². The molecule has 0 aliphatic carbocycles. The van der Waals surface area contributed by atoms with Crippen molar-refractivity contribution in [1.29, 1.82) is 0 Å². The fourth-order valence-corrected chi connectivity index (χ4v) is 3.15. The number of thiazole rings is 1. The number of hydrogen-bond acceptors (Lipinski definition) is 4. The summed E-state index contributed by atoms with van der Waals surface area (Å²) in [7, 11) is 0. The predicted octanol–water partition coefficient (Wildman–Crippen LogP) is 2.56. The van der Waals surface area contributed by atoms with Crippen LogP contribution in [-0.2, 0) is 19.5 Å². The van der Waals surface area contributed by atoms with E-state index in [0.717, 1.165) is 23.1 Å². The molecule has 100 valence electrons. The molecule has 0 spiro atoms. The Morgan fingerprint density at radius 2 is 2.21 bits per heavy atom. The van der Waals surface area contributed by atoms with Gasteiger partial charge in [0.1, 0.15) is 11.6 Å². The largest absolute Gasteiger partial charge is 0.375 e. The molecule has 3 nitrogen and oxygen atoms in total. The number of fused-ring (bicyclic) bond motifs is 1. The van der Waals surface area contributed by atoms with Crippen LogP contribution in [0.5, 0.6) is 0 Å². The van der Waals surface area contributed by atoms with Gasteiger partial charge < -0.3 is 5.73 Å². The monoisotopic (exact) mass is 281 g/mol. The minimum Gasteiger partial charge on any atom is -0.375 e. The van der Waals surface area contributed by atoms with Crippen LogP contribution in [0.4, 0.5) is 13.9 Å². The van der Waals surface area contributed by atoms with Crippen LogP contribution in [0.1, 0.15) is 16.0 Å². The standard InChI is InChI=1S/C13H13F2N3S/c14-9-3-8-6-18(2-1-11(8)12(15)4-9)7-10-5-17-13(16)19-10/h3-5H,1-2,6-7H2,(H2,16,17). The lowest BCUT2D eigenvalue weighted by Gasteiger charge is -2.28. The van der Waals surface area contributed by atoms with Gasteiger partial charge in [-0.25, -0.2) is 13.8 Å². The molecule has 0 saturated carbocycles. The van der Waals surface area contributed by atoms with E-state index in [1.54, 1.807) is 6.20 Å². The minimum absolute atomic E-state index is 0.434. The van der Waals surface area contributed by atoms with Gasteiger partial charge in [0.25, 0.3) is 0 Å². The zero-order valence-corrected chi connectivity index (χ0v) is 11.0. The van der Waals surface area contributed by atoms with Gasteiger partial charge >= 0.3 is 0 Å². The SMILES string of the molecule is Nc1ncc(CN2CCc3c(F)cc(F)cc3C2)s1. The lowest BCUT2D eigenvalue weighted by atomic mass is 9.99. The smallest absolute Gasteiger partial charge is 0.180 e. The Hall–Kier alpha value is -1.53. The Bertz CT molecular complexity index is 612. The van der Waals surface area contributed by atoms with E-state index in [2.05, 4.69) is 9.88 Å². The van der Waals surface area contributed by atoms with Crippen LogP contribution in [0.25, 0.3) is 0 Å². The summed E-state index contributed by atoms with van der Waals surface area (Å²) in [4.78, 5) is 7.22. The first kappa shape index (κ1) is 12.5. The predicted molar refractivity (Wildman–Crippen MR) is 70.7 cm³/mol. The summed E-state index contributed by atoms with van der Waals surface area (Å²) >= 11 is 1.45. The molecule has 0 atom stereocenters. The number of nitrogen functional groups attached to an aromatic ring is 1. The maximum absolute atomic E-state index is 13.6. The molecule has 1 aromatic heterocycles. The molecule has 1 aliphatic rings. The summed E-state index contributed by atoms with van der Waals surface area (Å²) in [6.45, 7) is 2.03. The Morgan fingerprint density at radius 1 is 1.37 bits per heavy atom. The van der Waals surface area contributed by atoms with Crippen LogP contribution in [-0.4, -0.2) is 16.4 Å². The van der Waals surface area contributed by atoms with Crippen LogP contribution in [0.3, 0.4) is 0 Å². The third-order valence-corrected chi connectivity index (χ3v) is 4.09. The zero-order valence-electron chi connectivity index (χ0n) is 10.2. The second kappa shape index (κ2) is 4.86. The fraction of sp³-hybridized carbons (Fsp3) is 0.308. The molecule has 0 saturated heterocycles. The number of aromatic nitrogens is 1. The summed E-state index contributed by atoms with van der Waals surface area (Å²) in [5, 5.41) is 0.546. The highest BCUT2D eigenvalue weighted by atomic mass is 32.1. The van der Waals surface area contributed by atoms with Crippen molar-refractivity contribution in [1.82, 2.24) is 9.88 Å². The van der Waals surface area contributed by atoms with Crippen LogP contribution in [0, 0.1) is 11.6 Å². The van der Waals surface area contributed by atoms with E-state index >= 15 is 0 Å². The summed E-state index contributed by atoms with van der Waals surface area (Å²) < 4.78 is 26.8. The maximum Gasteiger partial charge on any atom is 0.180 e. The highest BCUT2D eigenvalue weighted by Gasteiger charge is 2.20. The topological polar surface area (TPSA) is 42.1 Å². The second-order valence-electron chi connectivity index (χ2n) is 4.65. The minimum atomic E-state index is -0.514. The van der Waals surface area contributed by atoms with E-state index in [-0.39, 0.29) is 0 Å². The Labute approximate surface area is 113 Å². The molecule has 1 aromatic carbocycles. The van der Waals surface area contributed by atoms with Crippen molar-refractivity contribution in [2.45, 2.75) is 19.5 Å². The molecule has 0 radical (unpaired) electrons. The first-order chi connectivity index (χ1) is 9.11. The van der Waals surface area contributed by atoms with Gasteiger partial charge in [0.2, 0.25) is 0 Å². The first-order valence-electron chi connectivity index (χ1n) is 6.01. The highest BCUT2D eigenvalue weighted by molar-refractivity contribution is 7.15. The molecule has 19 heavy (non-hydrogen) atoms. The highest BCUT2D eigenvalue weighted by Crippen LogP contribution is 2.25. The average Bonchev–Trinajstić information content (AvgIpc) is 2.74. The van der Waals surface area contributed by atoms with Crippen molar-refractivity contribution in [2.75, 3.05) is 12.3 Å².